The molecule has 4 rings (SSSR count). The summed E-state index contributed by atoms with van der Waals surface area (Å²) in [6.07, 6.45) is 0. The van der Waals surface area contributed by atoms with Crippen molar-refractivity contribution in [2.75, 3.05) is 0 Å². The van der Waals surface area contributed by atoms with Gasteiger partial charge in [-0.15, -0.1) is 0 Å². The third-order valence-electron chi connectivity index (χ3n) is 8.73. The van der Waals surface area contributed by atoms with Crippen molar-refractivity contribution in [1.82, 2.24) is 0 Å². The van der Waals surface area contributed by atoms with Crippen LogP contribution in [0.3, 0.4) is 0 Å². The van der Waals surface area contributed by atoms with Crippen LogP contribution in [-0.2, 0) is 18.6 Å². The summed E-state index contributed by atoms with van der Waals surface area (Å²) in [4.78, 5) is 3.81. The minimum absolute atomic E-state index is 0.414. The van der Waals surface area contributed by atoms with Crippen LogP contribution < -0.4 is 10.9 Å². The summed E-state index contributed by atoms with van der Waals surface area (Å²) >= 11 is 0. The highest BCUT2D eigenvalue weighted by atomic mass is 16.7. The standard InChI is InChI=1S/C29H40B2N2O4/c1-17-13-21(30-34-26(5,6)27(7,8)35-30)14-18(2)23(17)25(33-32)24-19(3)15-22(16-20(24)4)31-36-28(9,10)29(11,12)37-31/h13-16H,1-12H3. The Bertz CT molecular complexity index is 1140. The number of benzene rings is 2. The monoisotopic (exact) mass is 502 g/mol. The fourth-order valence-electron chi connectivity index (χ4n) is 5.20. The zero-order valence-corrected chi connectivity index (χ0v) is 24.5. The lowest BCUT2D eigenvalue weighted by Gasteiger charge is -2.32. The zero-order valence-electron chi connectivity index (χ0n) is 24.5. The van der Waals surface area contributed by atoms with Crippen LogP contribution in [0.5, 0.6) is 0 Å². The summed E-state index contributed by atoms with van der Waals surface area (Å²) in [5.74, 6) is 0. The van der Waals surface area contributed by atoms with Crippen LogP contribution in [0.2, 0.25) is 0 Å². The van der Waals surface area contributed by atoms with Crippen LogP contribution in [0.15, 0.2) is 24.3 Å². The average molecular weight is 502 g/mol. The summed E-state index contributed by atoms with van der Waals surface area (Å²) in [7, 11) is -0.901. The number of rotatable bonds is 4. The van der Waals surface area contributed by atoms with Crippen LogP contribution in [0.4, 0.5) is 0 Å². The minimum Gasteiger partial charge on any atom is -0.399 e. The molecule has 0 radical (unpaired) electrons. The number of hydrogen-bond acceptors (Lipinski definition) is 4. The Hall–Kier alpha value is -2.21. The van der Waals surface area contributed by atoms with Gasteiger partial charge in [-0.25, -0.2) is 0 Å². The van der Waals surface area contributed by atoms with Crippen molar-refractivity contribution in [2.24, 2.45) is 0 Å². The first-order chi connectivity index (χ1) is 16.9. The van der Waals surface area contributed by atoms with Gasteiger partial charge in [0, 0.05) is 0 Å². The van der Waals surface area contributed by atoms with Crippen LogP contribution >= 0.6 is 0 Å². The molecule has 0 spiro atoms. The average Bonchev–Trinajstić information content (AvgIpc) is 3.10. The molecule has 0 amide bonds. The highest BCUT2D eigenvalue weighted by Gasteiger charge is 2.53. The molecule has 0 N–H and O–H groups in total. The van der Waals surface area contributed by atoms with Gasteiger partial charge >= 0.3 is 19.9 Å². The van der Waals surface area contributed by atoms with Gasteiger partial charge in [-0.05, 0) is 116 Å². The summed E-state index contributed by atoms with van der Waals surface area (Å²) in [6.45, 7) is 24.5. The Kier molecular flexibility index (Phi) is 6.71. The van der Waals surface area contributed by atoms with Crippen LogP contribution in [-0.4, -0.2) is 47.1 Å². The molecule has 2 aromatic rings. The van der Waals surface area contributed by atoms with Gasteiger partial charge in [0.05, 0.1) is 33.5 Å². The summed E-state index contributed by atoms with van der Waals surface area (Å²) < 4.78 is 25.1. The third kappa shape index (κ3) is 4.64. The largest absolute Gasteiger partial charge is 0.494 e. The summed E-state index contributed by atoms with van der Waals surface area (Å²) in [5, 5.41) is 0. The normalized spacial score (nSPS) is 21.3. The number of aryl methyl sites for hydroxylation is 4. The van der Waals surface area contributed by atoms with Gasteiger partial charge in [0.1, 0.15) is 0 Å². The van der Waals surface area contributed by atoms with Gasteiger partial charge in [0.2, 0.25) is 0 Å². The van der Waals surface area contributed by atoms with E-state index in [0.29, 0.717) is 5.71 Å². The van der Waals surface area contributed by atoms with Crippen molar-refractivity contribution in [3.8, 4) is 0 Å². The second-order valence-electron chi connectivity index (χ2n) is 12.7. The molecule has 0 aromatic heterocycles. The van der Waals surface area contributed by atoms with E-state index < -0.39 is 36.6 Å². The molecular weight excluding hydrogens is 462 g/mol. The second kappa shape index (κ2) is 8.93. The quantitative estimate of drug-likeness (QED) is 0.266. The maximum atomic E-state index is 10.3. The molecule has 2 heterocycles. The molecule has 2 fully saturated rings. The lowest BCUT2D eigenvalue weighted by molar-refractivity contribution is -0.00295. The molecule has 2 aromatic carbocycles. The van der Waals surface area contributed by atoms with E-state index >= 15 is 0 Å². The van der Waals surface area contributed by atoms with E-state index in [9.17, 15) is 5.53 Å². The first-order valence-corrected chi connectivity index (χ1v) is 13.1. The van der Waals surface area contributed by atoms with Crippen molar-refractivity contribution >= 4 is 30.9 Å². The van der Waals surface area contributed by atoms with Crippen LogP contribution in [0.25, 0.3) is 5.53 Å². The predicted octanol–water partition coefficient (Wildman–Crippen LogP) is 4.59. The molecule has 0 atom stereocenters. The molecule has 2 saturated heterocycles. The molecule has 8 heteroatoms. The molecule has 0 bridgehead atoms. The van der Waals surface area contributed by atoms with E-state index in [1.807, 2.05) is 27.7 Å². The first-order valence-electron chi connectivity index (χ1n) is 13.1. The molecule has 2 aliphatic heterocycles. The lowest BCUT2D eigenvalue weighted by atomic mass is 9.74. The van der Waals surface area contributed by atoms with Gasteiger partial charge in [-0.1, -0.05) is 24.3 Å². The topological polar surface area (TPSA) is 73.3 Å². The van der Waals surface area contributed by atoms with Crippen LogP contribution in [0, 0.1) is 27.7 Å². The van der Waals surface area contributed by atoms with Gasteiger partial charge < -0.3 is 24.1 Å². The van der Waals surface area contributed by atoms with Crippen molar-refractivity contribution in [3.63, 3.8) is 0 Å². The van der Waals surface area contributed by atoms with Gasteiger partial charge in [0.25, 0.3) is 0 Å². The van der Waals surface area contributed by atoms with Gasteiger partial charge in [-0.2, -0.15) is 4.79 Å². The highest BCUT2D eigenvalue weighted by Crippen LogP contribution is 2.38. The van der Waals surface area contributed by atoms with Crippen molar-refractivity contribution < 1.29 is 23.4 Å². The maximum absolute atomic E-state index is 10.3. The molecule has 37 heavy (non-hydrogen) atoms. The SMILES string of the molecule is Cc1cc(B2OC(C)(C)C(C)(C)O2)cc(C)c1C(=[N+]=[N-])c1c(C)cc(B2OC(C)(C)C(C)(C)O2)cc1C. The van der Waals surface area contributed by atoms with Crippen molar-refractivity contribution in [3.05, 3.63) is 63.2 Å². The maximum Gasteiger partial charge on any atom is 0.494 e. The Morgan fingerprint density at radius 2 is 0.811 bits per heavy atom. The smallest absolute Gasteiger partial charge is 0.399 e. The molecule has 0 aliphatic carbocycles. The number of nitrogens with zero attached hydrogens (tertiary/aromatic N) is 2. The molecule has 0 saturated carbocycles. The Morgan fingerprint density at radius 3 is 1.03 bits per heavy atom. The van der Waals surface area contributed by atoms with Crippen LogP contribution in [0.1, 0.15) is 88.8 Å². The molecule has 196 valence electrons. The van der Waals surface area contributed by atoms with E-state index in [1.54, 1.807) is 0 Å². The lowest BCUT2D eigenvalue weighted by Crippen LogP contribution is -2.41. The fourth-order valence-corrected chi connectivity index (χ4v) is 5.20. The fraction of sp³-hybridized carbons (Fsp3) is 0.552. The number of hydrogen-bond donors (Lipinski definition) is 0. The predicted molar refractivity (Wildman–Crippen MR) is 150 cm³/mol. The van der Waals surface area contributed by atoms with Crippen molar-refractivity contribution in [2.45, 2.75) is 105 Å². The second-order valence-corrected chi connectivity index (χ2v) is 12.7. The first kappa shape index (κ1) is 27.8. The van der Waals surface area contributed by atoms with E-state index in [4.69, 9.17) is 18.6 Å². The Morgan fingerprint density at radius 1 is 0.568 bits per heavy atom. The van der Waals surface area contributed by atoms with Gasteiger partial charge in [-0.3, -0.25) is 0 Å². The highest BCUT2D eigenvalue weighted by molar-refractivity contribution is 6.62. The minimum atomic E-state index is -0.450. The molecular formula is C29H40B2N2O4. The summed E-state index contributed by atoms with van der Waals surface area (Å²) in [5.41, 5.74) is 16.8. The Labute approximate surface area is 223 Å². The molecule has 2 aliphatic rings. The third-order valence-corrected chi connectivity index (χ3v) is 8.73. The summed E-state index contributed by atoms with van der Waals surface area (Å²) in [6, 6.07) is 8.27. The molecule has 6 nitrogen and oxygen atoms in total. The Balaban J connectivity index is 1.71. The zero-order chi connectivity index (χ0) is 27.7. The van der Waals surface area contributed by atoms with E-state index in [1.165, 1.54) is 0 Å². The van der Waals surface area contributed by atoms with E-state index in [-0.39, 0.29) is 0 Å². The van der Waals surface area contributed by atoms with Crippen molar-refractivity contribution in [1.29, 1.82) is 0 Å². The van der Waals surface area contributed by atoms with E-state index in [2.05, 4.69) is 84.4 Å². The molecule has 0 unspecified atom stereocenters. The van der Waals surface area contributed by atoms with Gasteiger partial charge in [0.15, 0.2) is 0 Å². The van der Waals surface area contributed by atoms with E-state index in [0.717, 1.165) is 44.3 Å².